The van der Waals surface area contributed by atoms with Gasteiger partial charge in [0, 0.05) is 10.8 Å². The summed E-state index contributed by atoms with van der Waals surface area (Å²) in [4.78, 5) is 16.8. The molecule has 0 fully saturated rings. The number of allylic oxidation sites excluding steroid dienone is 3. The summed E-state index contributed by atoms with van der Waals surface area (Å²) in [5.74, 6) is 0. The van der Waals surface area contributed by atoms with E-state index in [2.05, 4.69) is 11.1 Å². The Kier molecular flexibility index (Phi) is 4.96. The Bertz CT molecular complexity index is 1290. The number of aromatic nitrogens is 1. The molecule has 0 spiro atoms. The zero-order chi connectivity index (χ0) is 19.3. The standard InChI is InChI=1S/C23H14N2O2S/c24-14-18(11-6-9-16-7-2-1-3-8-16)22-25-20(15-28-22)19-13-17-10-4-5-12-21(17)27-23(19)26/h1-13,15H/b9-6+,18-11-. The minimum Gasteiger partial charge on any atom is -0.422 e. The lowest BCUT2D eigenvalue weighted by Gasteiger charge is -1.99. The van der Waals surface area contributed by atoms with E-state index in [1.165, 1.54) is 11.3 Å². The van der Waals surface area contributed by atoms with E-state index < -0.39 is 5.63 Å². The van der Waals surface area contributed by atoms with Crippen molar-refractivity contribution in [1.82, 2.24) is 4.98 Å². The minimum atomic E-state index is -0.443. The fraction of sp³-hybridized carbons (Fsp3) is 0. The smallest absolute Gasteiger partial charge is 0.345 e. The van der Waals surface area contributed by atoms with Gasteiger partial charge in [0.2, 0.25) is 0 Å². The van der Waals surface area contributed by atoms with E-state index in [-0.39, 0.29) is 0 Å². The third-order valence-electron chi connectivity index (χ3n) is 4.12. The second-order valence-electron chi connectivity index (χ2n) is 5.99. The van der Waals surface area contributed by atoms with Crippen LogP contribution in [0.3, 0.4) is 0 Å². The Hall–Kier alpha value is -3.75. The molecule has 0 saturated heterocycles. The van der Waals surface area contributed by atoms with Crippen LogP contribution in [0.4, 0.5) is 0 Å². The third-order valence-corrected chi connectivity index (χ3v) is 5.00. The molecule has 4 rings (SSSR count). The van der Waals surface area contributed by atoms with E-state index in [0.717, 1.165) is 10.9 Å². The largest absolute Gasteiger partial charge is 0.422 e. The first-order chi connectivity index (χ1) is 13.7. The van der Waals surface area contributed by atoms with E-state index in [4.69, 9.17) is 4.42 Å². The van der Waals surface area contributed by atoms with Crippen LogP contribution in [-0.4, -0.2) is 4.98 Å². The van der Waals surface area contributed by atoms with Crippen LogP contribution in [0.1, 0.15) is 10.6 Å². The van der Waals surface area contributed by atoms with E-state index in [1.807, 2.05) is 60.7 Å². The van der Waals surface area contributed by atoms with Crippen molar-refractivity contribution >= 4 is 34.0 Å². The molecule has 28 heavy (non-hydrogen) atoms. The van der Waals surface area contributed by atoms with E-state index in [9.17, 15) is 10.1 Å². The van der Waals surface area contributed by atoms with Crippen LogP contribution in [0, 0.1) is 11.3 Å². The number of thiazole rings is 1. The summed E-state index contributed by atoms with van der Waals surface area (Å²) >= 11 is 1.32. The summed E-state index contributed by atoms with van der Waals surface area (Å²) in [5, 5.41) is 12.6. The number of hydrogen-bond acceptors (Lipinski definition) is 5. The van der Waals surface area contributed by atoms with Crippen LogP contribution in [0.15, 0.2) is 87.4 Å². The van der Waals surface area contributed by atoms with Crippen molar-refractivity contribution in [2.24, 2.45) is 0 Å². The quantitative estimate of drug-likeness (QED) is 0.264. The lowest BCUT2D eigenvalue weighted by atomic mass is 10.1. The predicted molar refractivity (Wildman–Crippen MR) is 113 cm³/mol. The molecule has 0 unspecified atom stereocenters. The Morgan fingerprint density at radius 3 is 2.71 bits per heavy atom. The molecule has 0 bridgehead atoms. The third kappa shape index (κ3) is 3.68. The van der Waals surface area contributed by atoms with Gasteiger partial charge < -0.3 is 4.42 Å². The maximum Gasteiger partial charge on any atom is 0.345 e. The number of hydrogen-bond donors (Lipinski definition) is 0. The molecule has 0 amide bonds. The van der Waals surface area contributed by atoms with Gasteiger partial charge in [-0.15, -0.1) is 11.3 Å². The average molecular weight is 382 g/mol. The van der Waals surface area contributed by atoms with Gasteiger partial charge in [-0.05, 0) is 23.8 Å². The number of fused-ring (bicyclic) bond motifs is 1. The number of nitrogens with zero attached hydrogens (tertiary/aromatic N) is 2. The highest BCUT2D eigenvalue weighted by Gasteiger charge is 2.13. The Balaban J connectivity index is 1.66. The van der Waals surface area contributed by atoms with Gasteiger partial charge in [-0.1, -0.05) is 60.7 Å². The molecule has 0 aliphatic rings. The Morgan fingerprint density at radius 2 is 1.89 bits per heavy atom. The van der Waals surface area contributed by atoms with Gasteiger partial charge in [-0.25, -0.2) is 9.78 Å². The van der Waals surface area contributed by atoms with Crippen molar-refractivity contribution in [3.05, 3.63) is 99.2 Å². The summed E-state index contributed by atoms with van der Waals surface area (Å²) in [6.07, 6.45) is 5.46. The zero-order valence-corrected chi connectivity index (χ0v) is 15.5. The van der Waals surface area contributed by atoms with Gasteiger partial charge in [0.05, 0.1) is 16.8 Å². The van der Waals surface area contributed by atoms with E-state index in [0.29, 0.717) is 27.4 Å². The molecule has 0 aliphatic heterocycles. The van der Waals surface area contributed by atoms with Crippen LogP contribution in [0.2, 0.25) is 0 Å². The molecule has 0 aliphatic carbocycles. The summed E-state index contributed by atoms with van der Waals surface area (Å²) in [6, 6.07) is 21.1. The predicted octanol–water partition coefficient (Wildman–Crippen LogP) is 5.54. The molecule has 0 atom stereocenters. The molecular formula is C23H14N2O2S. The molecule has 4 aromatic rings. The van der Waals surface area contributed by atoms with Crippen LogP contribution < -0.4 is 5.63 Å². The number of benzene rings is 2. The van der Waals surface area contributed by atoms with Gasteiger partial charge in [0.15, 0.2) is 0 Å². The molecule has 134 valence electrons. The van der Waals surface area contributed by atoms with Gasteiger partial charge in [0.25, 0.3) is 0 Å². The zero-order valence-electron chi connectivity index (χ0n) is 14.7. The molecule has 0 saturated carbocycles. The molecule has 2 aromatic carbocycles. The fourth-order valence-electron chi connectivity index (χ4n) is 2.74. The normalized spacial score (nSPS) is 11.8. The second kappa shape index (κ2) is 7.87. The monoisotopic (exact) mass is 382 g/mol. The molecule has 5 heteroatoms. The molecule has 2 aromatic heterocycles. The van der Waals surface area contributed by atoms with Crippen molar-refractivity contribution in [2.45, 2.75) is 0 Å². The number of rotatable bonds is 4. The van der Waals surface area contributed by atoms with Crippen molar-refractivity contribution in [1.29, 1.82) is 5.26 Å². The van der Waals surface area contributed by atoms with Crippen molar-refractivity contribution < 1.29 is 4.42 Å². The van der Waals surface area contributed by atoms with Gasteiger partial charge in [-0.3, -0.25) is 0 Å². The van der Waals surface area contributed by atoms with Crippen LogP contribution >= 0.6 is 11.3 Å². The SMILES string of the molecule is N#C/C(=C/C=C/c1ccccc1)c1nc(-c2cc3ccccc3oc2=O)cs1. The van der Waals surface area contributed by atoms with Crippen molar-refractivity contribution in [3.8, 4) is 17.3 Å². The first-order valence-electron chi connectivity index (χ1n) is 8.57. The molecule has 4 nitrogen and oxygen atoms in total. The Labute approximate surface area is 165 Å². The topological polar surface area (TPSA) is 66.9 Å². The number of nitriles is 1. The first kappa shape index (κ1) is 17.7. The van der Waals surface area contributed by atoms with Gasteiger partial charge in [0.1, 0.15) is 16.7 Å². The highest BCUT2D eigenvalue weighted by atomic mass is 32.1. The summed E-state index contributed by atoms with van der Waals surface area (Å²) in [5.41, 5.74) is 2.47. The van der Waals surface area contributed by atoms with E-state index >= 15 is 0 Å². The van der Waals surface area contributed by atoms with Crippen LogP contribution in [0.5, 0.6) is 0 Å². The Morgan fingerprint density at radius 1 is 1.11 bits per heavy atom. The molecule has 0 N–H and O–H groups in total. The molecule has 2 heterocycles. The van der Waals surface area contributed by atoms with Gasteiger partial charge in [-0.2, -0.15) is 5.26 Å². The van der Waals surface area contributed by atoms with Crippen LogP contribution in [-0.2, 0) is 0 Å². The number of para-hydroxylation sites is 1. The summed E-state index contributed by atoms with van der Waals surface area (Å²) in [6.45, 7) is 0. The molecular weight excluding hydrogens is 368 g/mol. The maximum atomic E-state index is 12.3. The van der Waals surface area contributed by atoms with Crippen LogP contribution in [0.25, 0.3) is 33.9 Å². The van der Waals surface area contributed by atoms with E-state index in [1.54, 1.807) is 23.6 Å². The fourth-order valence-corrected chi connectivity index (χ4v) is 3.53. The maximum absolute atomic E-state index is 12.3. The van der Waals surface area contributed by atoms with Crippen molar-refractivity contribution in [2.75, 3.05) is 0 Å². The first-order valence-corrected chi connectivity index (χ1v) is 9.45. The lowest BCUT2D eigenvalue weighted by molar-refractivity contribution is 0.563. The molecule has 0 radical (unpaired) electrons. The van der Waals surface area contributed by atoms with Crippen molar-refractivity contribution in [3.63, 3.8) is 0 Å². The van der Waals surface area contributed by atoms with Gasteiger partial charge >= 0.3 is 5.63 Å². The second-order valence-corrected chi connectivity index (χ2v) is 6.84. The highest BCUT2D eigenvalue weighted by Crippen LogP contribution is 2.26. The minimum absolute atomic E-state index is 0.387. The summed E-state index contributed by atoms with van der Waals surface area (Å²) in [7, 11) is 0. The summed E-state index contributed by atoms with van der Waals surface area (Å²) < 4.78 is 5.38. The lowest BCUT2D eigenvalue weighted by Crippen LogP contribution is -2.02. The average Bonchev–Trinajstić information content (AvgIpc) is 3.21. The highest BCUT2D eigenvalue weighted by molar-refractivity contribution is 7.11.